The van der Waals surface area contributed by atoms with Crippen molar-refractivity contribution in [3.63, 3.8) is 0 Å². The molecule has 0 spiro atoms. The van der Waals surface area contributed by atoms with E-state index in [2.05, 4.69) is 40.9 Å². The van der Waals surface area contributed by atoms with Gasteiger partial charge in [0.25, 0.3) is 0 Å². The third-order valence-electron chi connectivity index (χ3n) is 4.48. The Kier molecular flexibility index (Phi) is 4.71. The number of carbonyl (C=O) groups is 1. The minimum Gasteiger partial charge on any atom is -0.462 e. The molecule has 1 N–H and O–H groups in total. The number of ether oxygens (including phenoxy) is 1. The number of anilines is 1. The fraction of sp³-hybridized carbons (Fsp3) is 0.588. The van der Waals surface area contributed by atoms with Crippen molar-refractivity contribution in [2.45, 2.75) is 26.7 Å². The summed E-state index contributed by atoms with van der Waals surface area (Å²) in [5.74, 6) is 0.731. The third kappa shape index (κ3) is 2.96. The summed E-state index contributed by atoms with van der Waals surface area (Å²) in [5.41, 5.74) is 2.18. The van der Waals surface area contributed by atoms with Crippen molar-refractivity contribution in [2.24, 2.45) is 0 Å². The molecule has 0 aromatic carbocycles. The van der Waals surface area contributed by atoms with Crippen molar-refractivity contribution in [1.29, 1.82) is 0 Å². The van der Waals surface area contributed by atoms with Gasteiger partial charge in [-0.15, -0.1) is 0 Å². The molecule has 24 heavy (non-hydrogen) atoms. The molecule has 0 atom stereocenters. The molecule has 0 aliphatic carbocycles. The van der Waals surface area contributed by atoms with E-state index in [0.29, 0.717) is 17.8 Å². The van der Waals surface area contributed by atoms with E-state index in [1.807, 2.05) is 6.92 Å². The predicted octanol–water partition coefficient (Wildman–Crippen LogP) is 2.01. The van der Waals surface area contributed by atoms with Gasteiger partial charge < -0.3 is 14.5 Å². The molecule has 1 saturated heterocycles. The maximum atomic E-state index is 12.7. The van der Waals surface area contributed by atoms with E-state index in [1.165, 1.54) is 0 Å². The van der Waals surface area contributed by atoms with E-state index in [0.717, 1.165) is 42.9 Å². The standard InChI is InChI=1S/C17H25N5O2/c1-5-24-17(23)14-12-10-18-20-15(12)19-16(13(14)11(2)3)22-8-6-21(4)7-9-22/h10-11H,5-9H2,1-4H3,(H,18,19,20). The summed E-state index contributed by atoms with van der Waals surface area (Å²) in [7, 11) is 2.12. The molecule has 1 fully saturated rings. The summed E-state index contributed by atoms with van der Waals surface area (Å²) in [5, 5.41) is 7.72. The van der Waals surface area contributed by atoms with Crippen LogP contribution < -0.4 is 4.90 Å². The third-order valence-corrected chi connectivity index (χ3v) is 4.48. The highest BCUT2D eigenvalue weighted by Gasteiger charge is 2.28. The molecule has 7 nitrogen and oxygen atoms in total. The molecule has 130 valence electrons. The molecule has 0 amide bonds. The van der Waals surface area contributed by atoms with Crippen molar-refractivity contribution < 1.29 is 9.53 Å². The number of rotatable bonds is 4. The van der Waals surface area contributed by atoms with Crippen LogP contribution in [0.2, 0.25) is 0 Å². The fourth-order valence-electron chi connectivity index (χ4n) is 3.20. The number of fused-ring (bicyclic) bond motifs is 1. The Labute approximate surface area is 142 Å². The molecular weight excluding hydrogens is 306 g/mol. The van der Waals surface area contributed by atoms with E-state index >= 15 is 0 Å². The van der Waals surface area contributed by atoms with Crippen molar-refractivity contribution in [2.75, 3.05) is 44.7 Å². The molecule has 2 aromatic rings. The summed E-state index contributed by atoms with van der Waals surface area (Å²) >= 11 is 0. The Balaban J connectivity index is 2.17. The minimum absolute atomic E-state index is 0.158. The van der Waals surface area contributed by atoms with Crippen LogP contribution in [-0.4, -0.2) is 65.9 Å². The molecule has 0 bridgehead atoms. The highest BCUT2D eigenvalue weighted by molar-refractivity contribution is 6.05. The normalized spacial score (nSPS) is 16.1. The van der Waals surface area contributed by atoms with Gasteiger partial charge in [0.15, 0.2) is 5.65 Å². The second kappa shape index (κ2) is 6.76. The number of aromatic amines is 1. The van der Waals surface area contributed by atoms with Gasteiger partial charge in [-0.1, -0.05) is 13.8 Å². The second-order valence-corrected chi connectivity index (χ2v) is 6.52. The van der Waals surface area contributed by atoms with Crippen molar-refractivity contribution in [1.82, 2.24) is 20.1 Å². The maximum Gasteiger partial charge on any atom is 0.339 e. The van der Waals surface area contributed by atoms with Crippen LogP contribution >= 0.6 is 0 Å². The number of carbonyl (C=O) groups excluding carboxylic acids is 1. The van der Waals surface area contributed by atoms with E-state index in [-0.39, 0.29) is 11.9 Å². The largest absolute Gasteiger partial charge is 0.462 e. The Bertz CT molecular complexity index is 732. The number of nitrogens with one attached hydrogen (secondary N) is 1. The lowest BCUT2D eigenvalue weighted by Crippen LogP contribution is -2.45. The number of hydrogen-bond acceptors (Lipinski definition) is 6. The Morgan fingerprint density at radius 1 is 1.33 bits per heavy atom. The van der Waals surface area contributed by atoms with Crippen LogP contribution in [0.1, 0.15) is 42.6 Å². The van der Waals surface area contributed by atoms with Crippen LogP contribution in [0.25, 0.3) is 11.0 Å². The number of likely N-dealkylation sites (N-methyl/N-ethyl adjacent to an activating group) is 1. The van der Waals surface area contributed by atoms with Crippen LogP contribution in [0.15, 0.2) is 6.20 Å². The summed E-state index contributed by atoms with van der Waals surface area (Å²) in [6, 6.07) is 0. The zero-order valence-electron chi connectivity index (χ0n) is 14.8. The first kappa shape index (κ1) is 16.7. The van der Waals surface area contributed by atoms with Crippen molar-refractivity contribution >= 4 is 22.8 Å². The second-order valence-electron chi connectivity index (χ2n) is 6.52. The highest BCUT2D eigenvalue weighted by Crippen LogP contribution is 2.34. The average Bonchev–Trinajstić information content (AvgIpc) is 3.02. The summed E-state index contributed by atoms with van der Waals surface area (Å²) in [4.78, 5) is 22.0. The van der Waals surface area contributed by atoms with Gasteiger partial charge in [-0.3, -0.25) is 5.10 Å². The van der Waals surface area contributed by atoms with E-state index in [9.17, 15) is 4.79 Å². The number of H-pyrrole nitrogens is 1. The molecule has 2 aromatic heterocycles. The van der Waals surface area contributed by atoms with Gasteiger partial charge in [0.2, 0.25) is 0 Å². The number of nitrogens with zero attached hydrogens (tertiary/aromatic N) is 4. The molecule has 1 aliphatic heterocycles. The molecule has 0 unspecified atom stereocenters. The lowest BCUT2D eigenvalue weighted by Gasteiger charge is -2.35. The zero-order chi connectivity index (χ0) is 17.3. The summed E-state index contributed by atoms with van der Waals surface area (Å²) in [6.45, 7) is 10.1. The van der Waals surface area contributed by atoms with Crippen LogP contribution in [0.4, 0.5) is 5.82 Å². The smallest absolute Gasteiger partial charge is 0.339 e. The molecule has 7 heteroatoms. The quantitative estimate of drug-likeness (QED) is 0.864. The van der Waals surface area contributed by atoms with Gasteiger partial charge in [0.1, 0.15) is 5.82 Å². The first-order valence-electron chi connectivity index (χ1n) is 8.50. The summed E-state index contributed by atoms with van der Waals surface area (Å²) in [6.07, 6.45) is 1.66. The van der Waals surface area contributed by atoms with Gasteiger partial charge in [-0.05, 0) is 19.9 Å². The molecule has 0 radical (unpaired) electrons. The predicted molar refractivity (Wildman–Crippen MR) is 93.6 cm³/mol. The SMILES string of the molecule is CCOC(=O)c1c(C(C)C)c(N2CCN(C)CC2)nc2[nH]ncc12. The summed E-state index contributed by atoms with van der Waals surface area (Å²) < 4.78 is 5.32. The lowest BCUT2D eigenvalue weighted by molar-refractivity contribution is 0.0527. The molecular formula is C17H25N5O2. The topological polar surface area (TPSA) is 74.3 Å². The maximum absolute atomic E-state index is 12.7. The van der Waals surface area contributed by atoms with E-state index in [4.69, 9.17) is 9.72 Å². The van der Waals surface area contributed by atoms with E-state index in [1.54, 1.807) is 6.20 Å². The van der Waals surface area contributed by atoms with Gasteiger partial charge in [-0.25, -0.2) is 9.78 Å². The Hall–Kier alpha value is -2.15. The first-order chi connectivity index (χ1) is 11.5. The van der Waals surface area contributed by atoms with Gasteiger partial charge in [-0.2, -0.15) is 5.10 Å². The number of pyridine rings is 1. The molecule has 0 saturated carbocycles. The average molecular weight is 331 g/mol. The number of esters is 1. The Morgan fingerprint density at radius 2 is 2.04 bits per heavy atom. The van der Waals surface area contributed by atoms with Crippen molar-refractivity contribution in [3.8, 4) is 0 Å². The van der Waals surface area contributed by atoms with Gasteiger partial charge in [0, 0.05) is 31.7 Å². The van der Waals surface area contributed by atoms with Crippen LogP contribution in [0.3, 0.4) is 0 Å². The van der Waals surface area contributed by atoms with Gasteiger partial charge in [0.05, 0.1) is 23.8 Å². The van der Waals surface area contributed by atoms with Crippen LogP contribution in [-0.2, 0) is 4.74 Å². The lowest BCUT2D eigenvalue weighted by atomic mass is 9.95. The van der Waals surface area contributed by atoms with Crippen LogP contribution in [0.5, 0.6) is 0 Å². The number of hydrogen-bond donors (Lipinski definition) is 1. The van der Waals surface area contributed by atoms with Crippen LogP contribution in [0, 0.1) is 0 Å². The first-order valence-corrected chi connectivity index (χ1v) is 8.50. The van der Waals surface area contributed by atoms with Crippen molar-refractivity contribution in [3.05, 3.63) is 17.3 Å². The monoisotopic (exact) mass is 331 g/mol. The van der Waals surface area contributed by atoms with E-state index < -0.39 is 0 Å². The minimum atomic E-state index is -0.301. The number of aromatic nitrogens is 3. The molecule has 1 aliphatic rings. The zero-order valence-corrected chi connectivity index (χ0v) is 14.8. The highest BCUT2D eigenvalue weighted by atomic mass is 16.5. The molecule has 3 rings (SSSR count). The fourth-order valence-corrected chi connectivity index (χ4v) is 3.20. The Morgan fingerprint density at radius 3 is 2.67 bits per heavy atom. The molecule has 3 heterocycles. The number of piperazine rings is 1. The van der Waals surface area contributed by atoms with Gasteiger partial charge >= 0.3 is 5.97 Å².